The fraction of sp³-hybridized carbons (Fsp3) is 0.350. The van der Waals surface area contributed by atoms with Gasteiger partial charge in [0.15, 0.2) is 5.82 Å². The van der Waals surface area contributed by atoms with Crippen molar-refractivity contribution in [1.29, 1.82) is 0 Å². The molecule has 0 aromatic carbocycles. The van der Waals surface area contributed by atoms with Gasteiger partial charge in [0.2, 0.25) is 11.9 Å². The van der Waals surface area contributed by atoms with Crippen LogP contribution in [0, 0.1) is 18.8 Å². The lowest BCUT2D eigenvalue weighted by Crippen LogP contribution is -2.29. The van der Waals surface area contributed by atoms with Gasteiger partial charge < -0.3 is 9.80 Å². The van der Waals surface area contributed by atoms with Gasteiger partial charge >= 0.3 is 0 Å². The second-order valence-electron chi connectivity index (χ2n) is 7.00. The van der Waals surface area contributed by atoms with E-state index in [0.29, 0.717) is 18.2 Å². The maximum atomic E-state index is 13.6. The number of aromatic nitrogens is 4. The van der Waals surface area contributed by atoms with Crippen molar-refractivity contribution in [2.45, 2.75) is 32.6 Å². The molecule has 0 unspecified atom stereocenters. The van der Waals surface area contributed by atoms with E-state index >= 15 is 0 Å². The Balaban J connectivity index is 1.38. The first-order chi connectivity index (χ1) is 13.6. The number of hydrogen-bond acceptors (Lipinski definition) is 5. The lowest BCUT2D eigenvalue weighted by Gasteiger charge is -2.21. The van der Waals surface area contributed by atoms with E-state index in [1.807, 2.05) is 24.0 Å². The number of aromatic amines is 1. The molecule has 1 aliphatic rings. The monoisotopic (exact) mass is 384 g/mol. The Bertz CT molecular complexity index is 937. The Hall–Kier alpha value is -3.03. The molecule has 0 bridgehead atoms. The number of H-pyrrole nitrogens is 1. The van der Waals surface area contributed by atoms with Crippen molar-refractivity contribution in [3.8, 4) is 0 Å². The van der Waals surface area contributed by atoms with Crippen molar-refractivity contribution >= 4 is 17.2 Å². The van der Waals surface area contributed by atoms with Gasteiger partial charge in [0.25, 0.3) is 0 Å². The highest BCUT2D eigenvalue weighted by atomic mass is 19.1. The van der Waals surface area contributed by atoms with Crippen LogP contribution >= 0.6 is 0 Å². The Kier molecular flexibility index (Phi) is 5.18. The Morgan fingerprint density at radius 3 is 2.68 bits per heavy atom. The maximum absolute atomic E-state index is 13.6. The van der Waals surface area contributed by atoms with E-state index in [9.17, 15) is 8.78 Å². The minimum Gasteiger partial charge on any atom is -0.350 e. The van der Waals surface area contributed by atoms with Crippen LogP contribution in [-0.4, -0.2) is 33.4 Å². The molecular weight excluding hydrogens is 362 g/mol. The second kappa shape index (κ2) is 7.92. The van der Waals surface area contributed by atoms with Gasteiger partial charge in [0, 0.05) is 30.6 Å². The minimum atomic E-state index is -0.834. The summed E-state index contributed by atoms with van der Waals surface area (Å²) in [5.41, 5.74) is 3.57. The van der Waals surface area contributed by atoms with Gasteiger partial charge in [-0.25, -0.2) is 4.98 Å². The lowest BCUT2D eigenvalue weighted by molar-refractivity contribution is 0.512. The number of halogens is 2. The van der Waals surface area contributed by atoms with Gasteiger partial charge in [-0.2, -0.15) is 18.9 Å². The number of nitrogens with one attached hydrogen (secondary N) is 1. The van der Waals surface area contributed by atoms with Gasteiger partial charge in [-0.3, -0.25) is 5.10 Å². The van der Waals surface area contributed by atoms with Crippen LogP contribution in [0.3, 0.4) is 0 Å². The number of hydrogen-bond donors (Lipinski definition) is 1. The number of fused-ring (bicyclic) bond motifs is 1. The van der Waals surface area contributed by atoms with Crippen LogP contribution < -0.4 is 9.80 Å². The van der Waals surface area contributed by atoms with Crippen LogP contribution in [0.25, 0.3) is 0 Å². The zero-order valence-electron chi connectivity index (χ0n) is 15.7. The molecule has 3 aromatic rings. The number of unbranched alkanes of at least 4 members (excludes halogenated alkanes) is 2. The first-order valence-electron chi connectivity index (χ1n) is 9.41. The van der Waals surface area contributed by atoms with Gasteiger partial charge in [-0.05, 0) is 44.4 Å². The van der Waals surface area contributed by atoms with Crippen molar-refractivity contribution in [3.63, 3.8) is 0 Å². The molecule has 4 rings (SSSR count). The Labute approximate surface area is 162 Å². The second-order valence-corrected chi connectivity index (χ2v) is 7.00. The molecular formula is C20H22F2N6. The number of nitrogens with zero attached hydrogens (tertiary/aromatic N) is 5. The van der Waals surface area contributed by atoms with Crippen molar-refractivity contribution in [1.82, 2.24) is 20.2 Å². The average Bonchev–Trinajstić information content (AvgIpc) is 3.24. The Morgan fingerprint density at radius 2 is 1.93 bits per heavy atom. The van der Waals surface area contributed by atoms with Crippen LogP contribution in [0.15, 0.2) is 36.5 Å². The lowest BCUT2D eigenvalue weighted by atomic mass is 10.1. The topological polar surface area (TPSA) is 60.9 Å². The summed E-state index contributed by atoms with van der Waals surface area (Å²) in [6.45, 7) is 3.36. The zero-order chi connectivity index (χ0) is 19.5. The molecule has 0 fully saturated rings. The van der Waals surface area contributed by atoms with E-state index in [0.717, 1.165) is 49.3 Å². The summed E-state index contributed by atoms with van der Waals surface area (Å²) in [5.74, 6) is -0.960. The van der Waals surface area contributed by atoms with Crippen LogP contribution in [0.2, 0.25) is 0 Å². The summed E-state index contributed by atoms with van der Waals surface area (Å²) in [6, 6.07) is 8.41. The summed E-state index contributed by atoms with van der Waals surface area (Å²) in [7, 11) is 0. The van der Waals surface area contributed by atoms with Crippen LogP contribution in [0.1, 0.15) is 30.7 Å². The zero-order valence-corrected chi connectivity index (χ0v) is 15.7. The SMILES string of the molecule is Cc1cc(CCCCCN2CN(c3cc(F)nc(F)c3)c3ncccc32)n[nH]1. The third kappa shape index (κ3) is 3.95. The molecule has 6 nitrogen and oxygen atoms in total. The molecule has 0 saturated heterocycles. The highest BCUT2D eigenvalue weighted by Gasteiger charge is 2.28. The number of rotatable bonds is 7. The number of aryl methyl sites for hydroxylation is 2. The smallest absolute Gasteiger partial charge is 0.217 e. The standard InChI is InChI=1S/C20H22F2N6/c1-14-10-15(26-25-14)6-3-2-4-9-27-13-28(20-17(27)7-5-8-23-20)16-11-18(21)24-19(22)12-16/h5,7-8,10-12H,2-4,6,9,13H2,1H3,(H,25,26). The Morgan fingerprint density at radius 1 is 1.11 bits per heavy atom. The van der Waals surface area contributed by atoms with Crippen molar-refractivity contribution in [2.24, 2.45) is 0 Å². The van der Waals surface area contributed by atoms with Crippen LogP contribution in [0.4, 0.5) is 26.0 Å². The molecule has 0 atom stereocenters. The maximum Gasteiger partial charge on any atom is 0.217 e. The summed E-state index contributed by atoms with van der Waals surface area (Å²) in [4.78, 5) is 11.6. The van der Waals surface area contributed by atoms with E-state index in [1.165, 1.54) is 12.1 Å². The summed E-state index contributed by atoms with van der Waals surface area (Å²) >= 11 is 0. The molecule has 0 amide bonds. The molecule has 0 saturated carbocycles. The summed E-state index contributed by atoms with van der Waals surface area (Å²) < 4.78 is 27.1. The summed E-state index contributed by atoms with van der Waals surface area (Å²) in [6.07, 6.45) is 5.82. The van der Waals surface area contributed by atoms with Gasteiger partial charge in [0.1, 0.15) is 0 Å². The van der Waals surface area contributed by atoms with E-state index in [4.69, 9.17) is 0 Å². The first-order valence-corrected chi connectivity index (χ1v) is 9.41. The molecule has 3 aromatic heterocycles. The third-order valence-electron chi connectivity index (χ3n) is 4.85. The fourth-order valence-electron chi connectivity index (χ4n) is 3.55. The molecule has 1 aliphatic heterocycles. The van der Waals surface area contributed by atoms with Crippen LogP contribution in [-0.2, 0) is 6.42 Å². The summed E-state index contributed by atoms with van der Waals surface area (Å²) in [5, 5.41) is 7.23. The fourth-order valence-corrected chi connectivity index (χ4v) is 3.55. The van der Waals surface area contributed by atoms with E-state index in [-0.39, 0.29) is 0 Å². The molecule has 4 heterocycles. The van der Waals surface area contributed by atoms with E-state index < -0.39 is 11.9 Å². The predicted molar refractivity (Wildman–Crippen MR) is 104 cm³/mol. The quantitative estimate of drug-likeness (QED) is 0.491. The van der Waals surface area contributed by atoms with Crippen molar-refractivity contribution < 1.29 is 8.78 Å². The molecule has 1 N–H and O–H groups in total. The van der Waals surface area contributed by atoms with Crippen molar-refractivity contribution in [3.05, 3.63) is 59.8 Å². The molecule has 146 valence electrons. The largest absolute Gasteiger partial charge is 0.350 e. The highest BCUT2D eigenvalue weighted by Crippen LogP contribution is 2.38. The molecule has 8 heteroatoms. The number of pyridine rings is 2. The van der Waals surface area contributed by atoms with E-state index in [2.05, 4.69) is 31.1 Å². The van der Waals surface area contributed by atoms with Gasteiger partial charge in [-0.1, -0.05) is 6.42 Å². The van der Waals surface area contributed by atoms with Crippen molar-refractivity contribution in [2.75, 3.05) is 23.0 Å². The van der Waals surface area contributed by atoms with Crippen LogP contribution in [0.5, 0.6) is 0 Å². The van der Waals surface area contributed by atoms with Gasteiger partial charge in [-0.15, -0.1) is 0 Å². The first kappa shape index (κ1) is 18.3. The molecule has 0 spiro atoms. The molecule has 0 radical (unpaired) electrons. The number of anilines is 3. The van der Waals surface area contributed by atoms with Gasteiger partial charge in [0.05, 0.1) is 23.7 Å². The minimum absolute atomic E-state index is 0.418. The third-order valence-corrected chi connectivity index (χ3v) is 4.85. The predicted octanol–water partition coefficient (Wildman–Crippen LogP) is 4.11. The van der Waals surface area contributed by atoms with E-state index in [1.54, 1.807) is 6.20 Å². The normalized spacial score (nSPS) is 13.2. The highest BCUT2D eigenvalue weighted by molar-refractivity contribution is 5.78. The molecule has 0 aliphatic carbocycles. The molecule has 28 heavy (non-hydrogen) atoms. The average molecular weight is 384 g/mol.